The van der Waals surface area contributed by atoms with Crippen molar-refractivity contribution in [2.45, 2.75) is 6.04 Å². The van der Waals surface area contributed by atoms with Crippen LogP contribution in [0.2, 0.25) is 5.02 Å². The lowest BCUT2D eigenvalue weighted by molar-refractivity contribution is -0.126. The van der Waals surface area contributed by atoms with Crippen LogP contribution in [0.25, 0.3) is 0 Å². The molecule has 0 radical (unpaired) electrons. The van der Waals surface area contributed by atoms with Gasteiger partial charge >= 0.3 is 6.03 Å². The SMILES string of the molecule is O=C1NC2=C(C(=O)N(CCO)C2)C(c2ccc(Cl)cc2)N1. The highest BCUT2D eigenvalue weighted by Crippen LogP contribution is 2.32. The van der Waals surface area contributed by atoms with Gasteiger partial charge in [0.25, 0.3) is 5.91 Å². The Morgan fingerprint density at radius 2 is 2.00 bits per heavy atom. The van der Waals surface area contributed by atoms with Crippen LogP contribution in [0.4, 0.5) is 4.79 Å². The summed E-state index contributed by atoms with van der Waals surface area (Å²) >= 11 is 5.87. The third kappa shape index (κ3) is 2.48. The molecule has 3 rings (SSSR count). The Kier molecular flexibility index (Phi) is 3.57. The van der Waals surface area contributed by atoms with Crippen molar-refractivity contribution in [2.75, 3.05) is 19.7 Å². The van der Waals surface area contributed by atoms with Crippen LogP contribution in [0.5, 0.6) is 0 Å². The number of halogens is 1. The topological polar surface area (TPSA) is 81.7 Å². The molecule has 0 saturated heterocycles. The van der Waals surface area contributed by atoms with E-state index in [-0.39, 0.29) is 25.1 Å². The van der Waals surface area contributed by atoms with Crippen LogP contribution in [-0.4, -0.2) is 41.6 Å². The number of β-amino-alcohol motifs (C(OH)–C–C–N with tert-alkyl or cyclic N) is 1. The van der Waals surface area contributed by atoms with Gasteiger partial charge in [-0.25, -0.2) is 4.79 Å². The molecule has 1 atom stereocenters. The van der Waals surface area contributed by atoms with Crippen LogP contribution < -0.4 is 10.6 Å². The maximum absolute atomic E-state index is 12.4. The predicted molar refractivity (Wildman–Crippen MR) is 76.6 cm³/mol. The summed E-state index contributed by atoms with van der Waals surface area (Å²) in [4.78, 5) is 25.7. The van der Waals surface area contributed by atoms with Crippen molar-refractivity contribution in [2.24, 2.45) is 0 Å². The van der Waals surface area contributed by atoms with Crippen molar-refractivity contribution >= 4 is 23.5 Å². The molecular formula is C14H14ClN3O3. The standard InChI is InChI=1S/C14H14ClN3O3/c15-9-3-1-8(2-4-9)12-11-10(16-14(21)17-12)7-18(5-6-19)13(11)20/h1-4,12,19H,5-7H2,(H2,16,17,21). The van der Waals surface area contributed by atoms with Gasteiger partial charge in [0, 0.05) is 11.6 Å². The van der Waals surface area contributed by atoms with Crippen LogP contribution in [0.3, 0.4) is 0 Å². The zero-order valence-electron chi connectivity index (χ0n) is 11.1. The number of amides is 3. The normalized spacial score (nSPS) is 21.2. The average Bonchev–Trinajstić information content (AvgIpc) is 2.76. The number of benzene rings is 1. The molecule has 0 aromatic heterocycles. The quantitative estimate of drug-likeness (QED) is 0.772. The Hall–Kier alpha value is -2.05. The number of aliphatic hydroxyl groups excluding tert-OH is 1. The zero-order valence-corrected chi connectivity index (χ0v) is 11.9. The smallest absolute Gasteiger partial charge is 0.319 e. The lowest BCUT2D eigenvalue weighted by Crippen LogP contribution is -2.44. The van der Waals surface area contributed by atoms with Gasteiger partial charge in [-0.1, -0.05) is 23.7 Å². The second-order valence-electron chi connectivity index (χ2n) is 4.93. The highest BCUT2D eigenvalue weighted by molar-refractivity contribution is 6.30. The van der Waals surface area contributed by atoms with E-state index in [0.717, 1.165) is 5.56 Å². The number of nitrogens with zero attached hydrogens (tertiary/aromatic N) is 1. The molecule has 6 nitrogen and oxygen atoms in total. The van der Waals surface area contributed by atoms with E-state index in [9.17, 15) is 9.59 Å². The van der Waals surface area contributed by atoms with Crippen LogP contribution in [0.15, 0.2) is 35.5 Å². The molecule has 110 valence electrons. The van der Waals surface area contributed by atoms with E-state index in [1.807, 2.05) is 0 Å². The van der Waals surface area contributed by atoms with Gasteiger partial charge in [0.05, 0.1) is 30.5 Å². The molecular weight excluding hydrogens is 294 g/mol. The fraction of sp³-hybridized carbons (Fsp3) is 0.286. The largest absolute Gasteiger partial charge is 0.395 e. The fourth-order valence-electron chi connectivity index (χ4n) is 2.63. The first kappa shape index (κ1) is 13.9. The third-order valence-corrected chi connectivity index (χ3v) is 3.85. The van der Waals surface area contributed by atoms with Crippen molar-refractivity contribution in [1.82, 2.24) is 15.5 Å². The van der Waals surface area contributed by atoms with Crippen LogP contribution in [-0.2, 0) is 4.79 Å². The first-order valence-electron chi connectivity index (χ1n) is 6.56. The molecule has 7 heteroatoms. The van der Waals surface area contributed by atoms with Crippen LogP contribution >= 0.6 is 11.6 Å². The van der Waals surface area contributed by atoms with E-state index in [1.54, 1.807) is 24.3 Å². The van der Waals surface area contributed by atoms with E-state index in [4.69, 9.17) is 16.7 Å². The molecule has 0 aliphatic carbocycles. The maximum Gasteiger partial charge on any atom is 0.319 e. The second kappa shape index (κ2) is 5.38. The minimum Gasteiger partial charge on any atom is -0.395 e. The molecule has 1 unspecified atom stereocenters. The summed E-state index contributed by atoms with van der Waals surface area (Å²) in [6, 6.07) is 6.16. The van der Waals surface area contributed by atoms with E-state index < -0.39 is 6.04 Å². The zero-order chi connectivity index (χ0) is 15.0. The summed E-state index contributed by atoms with van der Waals surface area (Å²) in [7, 11) is 0. The van der Waals surface area contributed by atoms with Gasteiger partial charge < -0.3 is 20.6 Å². The lowest BCUT2D eigenvalue weighted by Gasteiger charge is -2.25. The number of aliphatic hydroxyl groups is 1. The summed E-state index contributed by atoms with van der Waals surface area (Å²) in [6.07, 6.45) is 0. The van der Waals surface area contributed by atoms with Gasteiger partial charge in [-0.2, -0.15) is 0 Å². The summed E-state index contributed by atoms with van der Waals surface area (Å²) < 4.78 is 0. The highest BCUT2D eigenvalue weighted by Gasteiger charge is 2.39. The Labute approximate surface area is 126 Å². The summed E-state index contributed by atoms with van der Waals surface area (Å²) in [5, 5.41) is 15.0. The molecule has 1 aromatic carbocycles. The van der Waals surface area contributed by atoms with Crippen molar-refractivity contribution < 1.29 is 14.7 Å². The summed E-state index contributed by atoms with van der Waals surface area (Å²) in [5.74, 6) is -0.175. The number of nitrogens with one attached hydrogen (secondary N) is 2. The molecule has 0 bridgehead atoms. The molecule has 3 amide bonds. The number of hydrogen-bond donors (Lipinski definition) is 3. The predicted octanol–water partition coefficient (Wildman–Crippen LogP) is 0.782. The van der Waals surface area contributed by atoms with Gasteiger partial charge in [0.2, 0.25) is 0 Å². The highest BCUT2D eigenvalue weighted by atomic mass is 35.5. The van der Waals surface area contributed by atoms with E-state index in [1.165, 1.54) is 4.90 Å². The Morgan fingerprint density at radius 3 is 2.67 bits per heavy atom. The van der Waals surface area contributed by atoms with Gasteiger partial charge in [0.1, 0.15) is 0 Å². The third-order valence-electron chi connectivity index (χ3n) is 3.59. The number of rotatable bonds is 3. The minimum absolute atomic E-state index is 0.112. The lowest BCUT2D eigenvalue weighted by atomic mass is 9.96. The number of carbonyl (C=O) groups is 2. The fourth-order valence-corrected chi connectivity index (χ4v) is 2.76. The van der Waals surface area contributed by atoms with Gasteiger partial charge in [-0.05, 0) is 17.7 Å². The van der Waals surface area contributed by atoms with E-state index in [2.05, 4.69) is 10.6 Å². The molecule has 2 aliphatic heterocycles. The Bertz CT molecular complexity index is 627. The number of urea groups is 1. The van der Waals surface area contributed by atoms with Gasteiger partial charge in [0.15, 0.2) is 0 Å². The van der Waals surface area contributed by atoms with Gasteiger partial charge in [-0.15, -0.1) is 0 Å². The molecule has 0 saturated carbocycles. The summed E-state index contributed by atoms with van der Waals surface area (Å²) in [6.45, 7) is 0.445. The second-order valence-corrected chi connectivity index (χ2v) is 5.36. The first-order valence-corrected chi connectivity index (χ1v) is 6.94. The van der Waals surface area contributed by atoms with Crippen molar-refractivity contribution in [3.63, 3.8) is 0 Å². The number of carbonyl (C=O) groups excluding carboxylic acids is 2. The summed E-state index contributed by atoms with van der Waals surface area (Å²) in [5.41, 5.74) is 1.91. The van der Waals surface area contributed by atoms with E-state index >= 15 is 0 Å². The molecule has 21 heavy (non-hydrogen) atoms. The first-order chi connectivity index (χ1) is 10.1. The van der Waals surface area contributed by atoms with E-state index in [0.29, 0.717) is 22.8 Å². The molecule has 0 spiro atoms. The molecule has 1 aromatic rings. The monoisotopic (exact) mass is 307 g/mol. The number of hydrogen-bond acceptors (Lipinski definition) is 3. The average molecular weight is 308 g/mol. The van der Waals surface area contributed by atoms with Crippen molar-refractivity contribution in [1.29, 1.82) is 0 Å². The molecule has 0 fully saturated rings. The molecule has 3 N–H and O–H groups in total. The minimum atomic E-state index is -0.498. The Morgan fingerprint density at radius 1 is 1.29 bits per heavy atom. The van der Waals surface area contributed by atoms with Crippen LogP contribution in [0, 0.1) is 0 Å². The maximum atomic E-state index is 12.4. The molecule has 2 heterocycles. The Balaban J connectivity index is 1.96. The van der Waals surface area contributed by atoms with Gasteiger partial charge in [-0.3, -0.25) is 4.79 Å². The molecule has 2 aliphatic rings. The van der Waals surface area contributed by atoms with Crippen molar-refractivity contribution in [3.05, 3.63) is 46.1 Å². The van der Waals surface area contributed by atoms with Crippen molar-refractivity contribution in [3.8, 4) is 0 Å². The van der Waals surface area contributed by atoms with Crippen LogP contribution in [0.1, 0.15) is 11.6 Å².